The van der Waals surface area contributed by atoms with Crippen LogP contribution >= 0.6 is 0 Å². The molecule has 0 radical (unpaired) electrons. The highest BCUT2D eigenvalue weighted by atomic mass is 16.6. The Labute approximate surface area is 489 Å². The first-order valence-corrected chi connectivity index (χ1v) is 33.7. The highest BCUT2D eigenvalue weighted by Crippen LogP contribution is 2.17. The highest BCUT2D eigenvalue weighted by molar-refractivity contribution is 5.71. The molecule has 0 aliphatic rings. The molecule has 79 heavy (non-hydrogen) atoms. The predicted molar refractivity (Wildman–Crippen MR) is 344 cm³/mol. The highest BCUT2D eigenvalue weighted by Gasteiger charge is 2.19. The van der Waals surface area contributed by atoms with E-state index in [2.05, 4.69) is 118 Å². The molecule has 0 amide bonds. The average Bonchev–Trinajstić information content (AvgIpc) is 3.45. The summed E-state index contributed by atoms with van der Waals surface area (Å²) in [7, 11) is 0. The van der Waals surface area contributed by atoms with Crippen LogP contribution in [0.4, 0.5) is 0 Å². The van der Waals surface area contributed by atoms with Gasteiger partial charge in [0.2, 0.25) is 0 Å². The van der Waals surface area contributed by atoms with Gasteiger partial charge in [-0.1, -0.05) is 304 Å². The lowest BCUT2D eigenvalue weighted by atomic mass is 10.0. The van der Waals surface area contributed by atoms with Gasteiger partial charge in [-0.2, -0.15) is 0 Å². The Morgan fingerprint density at radius 1 is 0.266 bits per heavy atom. The number of hydrogen-bond acceptors (Lipinski definition) is 6. The molecule has 1 unspecified atom stereocenters. The normalized spacial score (nSPS) is 12.7. The van der Waals surface area contributed by atoms with Crippen molar-refractivity contribution >= 4 is 17.9 Å². The van der Waals surface area contributed by atoms with Crippen LogP contribution in [0.1, 0.15) is 329 Å². The van der Waals surface area contributed by atoms with E-state index in [0.29, 0.717) is 19.3 Å². The summed E-state index contributed by atoms with van der Waals surface area (Å²) in [5.74, 6) is -0.887. The van der Waals surface area contributed by atoms with E-state index in [1.165, 1.54) is 173 Å². The summed E-state index contributed by atoms with van der Waals surface area (Å²) >= 11 is 0. The van der Waals surface area contributed by atoms with Gasteiger partial charge in [0.1, 0.15) is 13.2 Å². The summed E-state index contributed by atoms with van der Waals surface area (Å²) in [4.78, 5) is 38.0. The van der Waals surface area contributed by atoms with Gasteiger partial charge in [-0.05, 0) is 103 Å². The SMILES string of the molecule is CC/C=C\C/C=C\C/C=C\C/C=C\C/C=C\CCCCCCCCCCCCCCCCCCCC(=O)OCC(COC(=O)CCCCCCC)OC(=O)CCCCCCCCCC/C=C\C/C=C\C/C=C\CCCCCCC. The molecule has 0 bridgehead atoms. The van der Waals surface area contributed by atoms with Crippen molar-refractivity contribution in [2.75, 3.05) is 13.2 Å². The van der Waals surface area contributed by atoms with Crippen LogP contribution in [0.2, 0.25) is 0 Å². The van der Waals surface area contributed by atoms with Crippen LogP contribution in [-0.2, 0) is 28.6 Å². The first-order chi connectivity index (χ1) is 39.0. The van der Waals surface area contributed by atoms with E-state index in [9.17, 15) is 14.4 Å². The molecule has 0 aromatic carbocycles. The van der Waals surface area contributed by atoms with Gasteiger partial charge in [0, 0.05) is 19.3 Å². The third-order valence-corrected chi connectivity index (χ3v) is 14.6. The molecule has 6 nitrogen and oxygen atoms in total. The number of ether oxygens (including phenoxy) is 3. The molecule has 0 saturated heterocycles. The number of carbonyl (C=O) groups excluding carboxylic acids is 3. The topological polar surface area (TPSA) is 78.9 Å². The molecule has 0 aromatic rings. The van der Waals surface area contributed by atoms with Gasteiger partial charge in [0.15, 0.2) is 6.10 Å². The van der Waals surface area contributed by atoms with E-state index in [4.69, 9.17) is 14.2 Å². The zero-order chi connectivity index (χ0) is 57.1. The third-order valence-electron chi connectivity index (χ3n) is 14.6. The molecule has 0 heterocycles. The second-order valence-electron chi connectivity index (χ2n) is 22.4. The average molecular weight is 1100 g/mol. The molecule has 0 aliphatic carbocycles. The van der Waals surface area contributed by atoms with Crippen LogP contribution in [0.5, 0.6) is 0 Å². The van der Waals surface area contributed by atoms with Gasteiger partial charge in [-0.3, -0.25) is 14.4 Å². The van der Waals surface area contributed by atoms with E-state index in [1.54, 1.807) is 0 Å². The molecule has 0 aromatic heterocycles. The standard InChI is InChI=1S/C73H126O6/c1-4-7-10-13-15-17-19-21-23-25-27-29-31-32-33-34-35-36-37-38-39-40-42-43-45-47-49-51-53-55-57-60-63-66-72(75)78-69-70(68-77-71(74)65-62-59-12-9-6-3)79-73(76)67-64-61-58-56-54-52-50-48-46-44-41-30-28-26-24-22-20-18-16-14-11-8-5-2/h7,10,15,17,20-23,26-29,32-33,41,44,70H,4-6,8-9,11-14,16,18-19,24-25,30-31,34-40,42-43,45-69H2,1-3H3/b10-7-,17-15-,22-20-,23-21-,28-26-,29-27-,33-32-,44-41-. The minimum atomic E-state index is -0.777. The second kappa shape index (κ2) is 66.8. The fraction of sp³-hybridized carbons (Fsp3) is 0.740. The summed E-state index contributed by atoms with van der Waals surface area (Å²) in [5.41, 5.74) is 0. The molecule has 0 saturated carbocycles. The van der Waals surface area contributed by atoms with E-state index in [0.717, 1.165) is 116 Å². The number of hydrogen-bond donors (Lipinski definition) is 0. The Hall–Kier alpha value is -3.67. The van der Waals surface area contributed by atoms with Crippen molar-refractivity contribution in [2.24, 2.45) is 0 Å². The molecule has 0 N–H and O–H groups in total. The summed E-state index contributed by atoms with van der Waals surface area (Å²) in [6, 6.07) is 0. The minimum Gasteiger partial charge on any atom is -0.462 e. The number of unbranched alkanes of at least 4 members (excludes halogenated alkanes) is 34. The Bertz CT molecular complexity index is 1540. The minimum absolute atomic E-state index is 0.0775. The van der Waals surface area contributed by atoms with Crippen molar-refractivity contribution in [3.63, 3.8) is 0 Å². The zero-order valence-electron chi connectivity index (χ0n) is 52.1. The van der Waals surface area contributed by atoms with Gasteiger partial charge in [0.25, 0.3) is 0 Å². The van der Waals surface area contributed by atoms with Gasteiger partial charge in [-0.15, -0.1) is 0 Å². The van der Waals surface area contributed by atoms with Crippen molar-refractivity contribution in [2.45, 2.75) is 335 Å². The molecule has 0 aliphatic heterocycles. The maximum Gasteiger partial charge on any atom is 0.306 e. The summed E-state index contributed by atoms with van der Waals surface area (Å²) < 4.78 is 16.8. The largest absolute Gasteiger partial charge is 0.462 e. The first kappa shape index (κ1) is 75.3. The quantitative estimate of drug-likeness (QED) is 0.0261. The van der Waals surface area contributed by atoms with Crippen LogP contribution in [0, 0.1) is 0 Å². The summed E-state index contributed by atoms with van der Waals surface area (Å²) in [6.45, 7) is 6.45. The van der Waals surface area contributed by atoms with Crippen molar-refractivity contribution < 1.29 is 28.6 Å². The molecule has 0 spiro atoms. The van der Waals surface area contributed by atoms with Gasteiger partial charge in [0.05, 0.1) is 0 Å². The second-order valence-corrected chi connectivity index (χ2v) is 22.4. The number of allylic oxidation sites excluding steroid dienone is 16. The fourth-order valence-corrected chi connectivity index (χ4v) is 9.54. The van der Waals surface area contributed by atoms with Crippen LogP contribution in [-0.4, -0.2) is 37.2 Å². The smallest absolute Gasteiger partial charge is 0.306 e. The van der Waals surface area contributed by atoms with E-state index >= 15 is 0 Å². The Morgan fingerprint density at radius 3 is 0.772 bits per heavy atom. The summed E-state index contributed by atoms with van der Waals surface area (Å²) in [6.07, 6.45) is 90.5. The van der Waals surface area contributed by atoms with E-state index in [1.807, 2.05) is 0 Å². The Morgan fingerprint density at radius 2 is 0.494 bits per heavy atom. The lowest BCUT2D eigenvalue weighted by Gasteiger charge is -2.18. The monoisotopic (exact) mass is 1100 g/mol. The summed E-state index contributed by atoms with van der Waals surface area (Å²) in [5, 5.41) is 0. The maximum atomic E-state index is 12.8. The Kier molecular flexibility index (Phi) is 63.7. The Balaban J connectivity index is 3.98. The number of rotatable bonds is 61. The van der Waals surface area contributed by atoms with Crippen LogP contribution in [0.25, 0.3) is 0 Å². The third kappa shape index (κ3) is 65.0. The molecule has 6 heteroatoms. The van der Waals surface area contributed by atoms with Crippen LogP contribution in [0.3, 0.4) is 0 Å². The lowest BCUT2D eigenvalue weighted by molar-refractivity contribution is -0.167. The predicted octanol–water partition coefficient (Wildman–Crippen LogP) is 23.2. The molecule has 0 rings (SSSR count). The molecule has 1 atom stereocenters. The fourth-order valence-electron chi connectivity index (χ4n) is 9.54. The molecule has 454 valence electrons. The number of carbonyl (C=O) groups is 3. The van der Waals surface area contributed by atoms with Crippen molar-refractivity contribution in [1.29, 1.82) is 0 Å². The van der Waals surface area contributed by atoms with Gasteiger partial charge < -0.3 is 14.2 Å². The van der Waals surface area contributed by atoms with Crippen molar-refractivity contribution in [3.05, 3.63) is 97.2 Å². The van der Waals surface area contributed by atoms with Gasteiger partial charge in [-0.25, -0.2) is 0 Å². The van der Waals surface area contributed by atoms with Crippen molar-refractivity contribution in [3.8, 4) is 0 Å². The molecule has 0 fully saturated rings. The van der Waals surface area contributed by atoms with Gasteiger partial charge >= 0.3 is 17.9 Å². The molecular formula is C73H126O6. The van der Waals surface area contributed by atoms with E-state index < -0.39 is 6.10 Å². The lowest BCUT2D eigenvalue weighted by Crippen LogP contribution is -2.30. The zero-order valence-corrected chi connectivity index (χ0v) is 52.1. The van der Waals surface area contributed by atoms with E-state index in [-0.39, 0.29) is 31.1 Å². The van der Waals surface area contributed by atoms with Crippen molar-refractivity contribution in [1.82, 2.24) is 0 Å². The van der Waals surface area contributed by atoms with Crippen LogP contribution < -0.4 is 0 Å². The first-order valence-electron chi connectivity index (χ1n) is 33.7. The van der Waals surface area contributed by atoms with Crippen LogP contribution in [0.15, 0.2) is 97.2 Å². The number of esters is 3. The molecular weight excluding hydrogens is 973 g/mol. The maximum absolute atomic E-state index is 12.8.